The maximum absolute atomic E-state index is 12.5. The monoisotopic (exact) mass is 375 g/mol. The molecule has 2 N–H and O–H groups in total. The standard InChI is InChI=1S/C16H20F3N3O4/c17-16(18,19)9-22-5-1-2-12(13(22)23)21-14(24)20-11-3-6-26-15(8-11)4-7-25-10-15/h1-2,5,11H,3-4,6-10H2,(H2,20,21,24). The van der Waals surface area contributed by atoms with Gasteiger partial charge in [-0.3, -0.25) is 4.79 Å². The van der Waals surface area contributed by atoms with Crippen molar-refractivity contribution in [3.8, 4) is 0 Å². The van der Waals surface area contributed by atoms with E-state index in [2.05, 4.69) is 10.6 Å². The maximum Gasteiger partial charge on any atom is 0.406 e. The van der Waals surface area contributed by atoms with Crippen LogP contribution in [-0.2, 0) is 16.0 Å². The number of urea groups is 1. The summed E-state index contributed by atoms with van der Waals surface area (Å²) in [6, 6.07) is 1.76. The molecule has 2 aliphatic heterocycles. The Hall–Kier alpha value is -2.07. The quantitative estimate of drug-likeness (QED) is 0.845. The van der Waals surface area contributed by atoms with Crippen LogP contribution in [0.15, 0.2) is 23.1 Å². The number of carbonyl (C=O) groups excluding carboxylic acids is 1. The van der Waals surface area contributed by atoms with E-state index >= 15 is 0 Å². The van der Waals surface area contributed by atoms with Gasteiger partial charge in [-0.25, -0.2) is 4.79 Å². The van der Waals surface area contributed by atoms with Crippen LogP contribution in [0.2, 0.25) is 0 Å². The Morgan fingerprint density at radius 1 is 1.38 bits per heavy atom. The summed E-state index contributed by atoms with van der Waals surface area (Å²) < 4.78 is 49.1. The summed E-state index contributed by atoms with van der Waals surface area (Å²) in [7, 11) is 0. The van der Waals surface area contributed by atoms with Gasteiger partial charge in [-0.2, -0.15) is 13.2 Å². The highest BCUT2D eigenvalue weighted by atomic mass is 19.4. The number of hydrogen-bond acceptors (Lipinski definition) is 4. The first-order chi connectivity index (χ1) is 12.3. The van der Waals surface area contributed by atoms with Crippen LogP contribution in [0.4, 0.5) is 23.7 Å². The zero-order valence-corrected chi connectivity index (χ0v) is 14.0. The number of alkyl halides is 3. The van der Waals surface area contributed by atoms with Gasteiger partial charge in [0, 0.05) is 31.9 Å². The number of aromatic nitrogens is 1. The molecule has 0 aromatic carbocycles. The van der Waals surface area contributed by atoms with E-state index in [0.717, 1.165) is 12.6 Å². The molecule has 0 bridgehead atoms. The van der Waals surface area contributed by atoms with Crippen LogP contribution in [0.25, 0.3) is 0 Å². The molecule has 2 amide bonds. The lowest BCUT2D eigenvalue weighted by atomic mass is 9.90. The van der Waals surface area contributed by atoms with Crippen LogP contribution in [0, 0.1) is 0 Å². The highest BCUT2D eigenvalue weighted by molar-refractivity contribution is 5.89. The fourth-order valence-corrected chi connectivity index (χ4v) is 3.31. The topological polar surface area (TPSA) is 81.6 Å². The van der Waals surface area contributed by atoms with Crippen molar-refractivity contribution in [1.82, 2.24) is 9.88 Å². The van der Waals surface area contributed by atoms with E-state index in [4.69, 9.17) is 9.47 Å². The summed E-state index contributed by atoms with van der Waals surface area (Å²) >= 11 is 0. The maximum atomic E-state index is 12.5. The molecular weight excluding hydrogens is 355 g/mol. The van der Waals surface area contributed by atoms with Gasteiger partial charge in [-0.05, 0) is 25.0 Å². The molecule has 2 atom stereocenters. The van der Waals surface area contributed by atoms with Crippen molar-refractivity contribution in [3.05, 3.63) is 28.7 Å². The molecule has 144 valence electrons. The first-order valence-corrected chi connectivity index (χ1v) is 8.32. The molecule has 3 rings (SSSR count). The van der Waals surface area contributed by atoms with Crippen LogP contribution in [0.1, 0.15) is 19.3 Å². The lowest BCUT2D eigenvalue weighted by Gasteiger charge is -2.37. The van der Waals surface area contributed by atoms with Crippen molar-refractivity contribution < 1.29 is 27.4 Å². The van der Waals surface area contributed by atoms with Gasteiger partial charge >= 0.3 is 12.2 Å². The van der Waals surface area contributed by atoms with Gasteiger partial charge in [-0.15, -0.1) is 0 Å². The Morgan fingerprint density at radius 3 is 2.88 bits per heavy atom. The summed E-state index contributed by atoms with van der Waals surface area (Å²) in [5.41, 5.74) is -1.50. The molecule has 0 saturated carbocycles. The Kier molecular flexibility index (Phi) is 5.24. The smallest absolute Gasteiger partial charge is 0.378 e. The molecule has 1 aromatic rings. The molecule has 0 radical (unpaired) electrons. The van der Waals surface area contributed by atoms with Gasteiger partial charge in [0.05, 0.1) is 12.2 Å². The van der Waals surface area contributed by atoms with Gasteiger partial charge in [0.25, 0.3) is 5.56 Å². The number of anilines is 1. The number of halogens is 3. The van der Waals surface area contributed by atoms with E-state index in [1.54, 1.807) is 0 Å². The zero-order valence-electron chi connectivity index (χ0n) is 14.0. The summed E-state index contributed by atoms with van der Waals surface area (Å²) in [6.07, 6.45) is -1.53. The Morgan fingerprint density at radius 2 is 2.19 bits per heavy atom. The third-order valence-electron chi connectivity index (χ3n) is 4.51. The fraction of sp³-hybridized carbons (Fsp3) is 0.625. The first kappa shape index (κ1) is 18.7. The van der Waals surface area contributed by atoms with Gasteiger partial charge in [0.15, 0.2) is 0 Å². The summed E-state index contributed by atoms with van der Waals surface area (Å²) in [5.74, 6) is 0. The molecule has 3 heterocycles. The van der Waals surface area contributed by atoms with Gasteiger partial charge in [-0.1, -0.05) is 0 Å². The third-order valence-corrected chi connectivity index (χ3v) is 4.51. The molecule has 2 aliphatic rings. The number of amides is 2. The largest absolute Gasteiger partial charge is 0.406 e. The van der Waals surface area contributed by atoms with E-state index in [0.29, 0.717) is 37.2 Å². The molecular formula is C16H20F3N3O4. The van der Waals surface area contributed by atoms with Crippen LogP contribution in [-0.4, -0.2) is 48.2 Å². The predicted molar refractivity (Wildman–Crippen MR) is 86.1 cm³/mol. The minimum Gasteiger partial charge on any atom is -0.378 e. The van der Waals surface area contributed by atoms with Crippen molar-refractivity contribution in [2.24, 2.45) is 0 Å². The summed E-state index contributed by atoms with van der Waals surface area (Å²) in [5, 5.41) is 5.10. The van der Waals surface area contributed by atoms with Crippen molar-refractivity contribution >= 4 is 11.7 Å². The number of nitrogens with one attached hydrogen (secondary N) is 2. The Balaban J connectivity index is 1.61. The lowest BCUT2D eigenvalue weighted by molar-refractivity contribution is -0.141. The molecule has 2 saturated heterocycles. The summed E-state index contributed by atoms with van der Waals surface area (Å²) in [6.45, 7) is 0.165. The number of carbonyl (C=O) groups is 1. The van der Waals surface area contributed by atoms with E-state index in [1.807, 2.05) is 0 Å². The number of nitrogens with zero attached hydrogens (tertiary/aromatic N) is 1. The third kappa shape index (κ3) is 4.55. The number of hydrogen-bond donors (Lipinski definition) is 2. The SMILES string of the molecule is O=C(Nc1cccn(CC(F)(F)F)c1=O)NC1CCOC2(CCOC2)C1. The van der Waals surface area contributed by atoms with Crippen LogP contribution in [0.3, 0.4) is 0 Å². The molecule has 1 spiro atoms. The number of ether oxygens (including phenoxy) is 2. The highest BCUT2D eigenvalue weighted by Gasteiger charge is 2.41. The molecule has 10 heteroatoms. The average molecular weight is 375 g/mol. The van der Waals surface area contributed by atoms with Crippen molar-refractivity contribution in [1.29, 1.82) is 0 Å². The van der Waals surface area contributed by atoms with E-state index in [-0.39, 0.29) is 17.3 Å². The molecule has 0 aliphatic carbocycles. The Labute approximate surface area is 147 Å². The zero-order chi connectivity index (χ0) is 18.8. The van der Waals surface area contributed by atoms with E-state index in [9.17, 15) is 22.8 Å². The normalized spacial score (nSPS) is 26.0. The molecule has 2 unspecified atom stereocenters. The predicted octanol–water partition coefficient (Wildman–Crippen LogP) is 1.87. The molecule has 2 fully saturated rings. The second-order valence-electron chi connectivity index (χ2n) is 6.59. The van der Waals surface area contributed by atoms with Crippen molar-refractivity contribution in [2.45, 2.75) is 43.6 Å². The van der Waals surface area contributed by atoms with Crippen molar-refractivity contribution in [3.63, 3.8) is 0 Å². The first-order valence-electron chi connectivity index (χ1n) is 8.32. The highest BCUT2D eigenvalue weighted by Crippen LogP contribution is 2.32. The lowest BCUT2D eigenvalue weighted by Crippen LogP contribution is -2.50. The van der Waals surface area contributed by atoms with Gasteiger partial charge in [0.1, 0.15) is 12.2 Å². The second kappa shape index (κ2) is 7.28. The molecule has 7 nitrogen and oxygen atoms in total. The second-order valence-corrected chi connectivity index (χ2v) is 6.59. The van der Waals surface area contributed by atoms with Gasteiger partial charge in [0.2, 0.25) is 0 Å². The fourth-order valence-electron chi connectivity index (χ4n) is 3.31. The van der Waals surface area contributed by atoms with Crippen LogP contribution >= 0.6 is 0 Å². The minimum atomic E-state index is -4.52. The number of pyridine rings is 1. The van der Waals surface area contributed by atoms with Crippen LogP contribution < -0.4 is 16.2 Å². The van der Waals surface area contributed by atoms with E-state index < -0.39 is 24.3 Å². The van der Waals surface area contributed by atoms with Crippen LogP contribution in [0.5, 0.6) is 0 Å². The van der Waals surface area contributed by atoms with Gasteiger partial charge < -0.3 is 24.7 Å². The average Bonchev–Trinajstić information content (AvgIpc) is 2.97. The molecule has 26 heavy (non-hydrogen) atoms. The molecule has 1 aromatic heterocycles. The number of rotatable bonds is 3. The van der Waals surface area contributed by atoms with Crippen molar-refractivity contribution in [2.75, 3.05) is 25.1 Å². The Bertz CT molecular complexity index is 713. The summed E-state index contributed by atoms with van der Waals surface area (Å²) in [4.78, 5) is 24.2. The van der Waals surface area contributed by atoms with E-state index in [1.165, 1.54) is 12.1 Å². The minimum absolute atomic E-state index is 0.161.